The van der Waals surface area contributed by atoms with Crippen LogP contribution in [0.4, 0.5) is 0 Å². The molecule has 2 aromatic carbocycles. The van der Waals surface area contributed by atoms with Crippen LogP contribution in [0.1, 0.15) is 23.5 Å². The summed E-state index contributed by atoms with van der Waals surface area (Å²) in [6.45, 7) is 2.86. The van der Waals surface area contributed by atoms with E-state index in [4.69, 9.17) is 0 Å². The molecule has 0 saturated heterocycles. The quantitative estimate of drug-likeness (QED) is 0.819. The first-order valence-electron chi connectivity index (χ1n) is 7.95. The van der Waals surface area contributed by atoms with E-state index in [0.29, 0.717) is 0 Å². The molecule has 24 heavy (non-hydrogen) atoms. The van der Waals surface area contributed by atoms with E-state index in [9.17, 15) is 9.90 Å². The van der Waals surface area contributed by atoms with Gasteiger partial charge >= 0.3 is 5.97 Å². The summed E-state index contributed by atoms with van der Waals surface area (Å²) >= 11 is 0. The summed E-state index contributed by atoms with van der Waals surface area (Å²) in [7, 11) is 0. The van der Waals surface area contributed by atoms with Crippen molar-refractivity contribution in [1.82, 2.24) is 5.32 Å². The number of aryl methyl sites for hydroxylation is 1. The molecule has 0 radical (unpaired) electrons. The Morgan fingerprint density at radius 3 is 2.54 bits per heavy atom. The smallest absolute Gasteiger partial charge is 0.312 e. The van der Waals surface area contributed by atoms with E-state index in [0.717, 1.165) is 35.2 Å². The maximum atomic E-state index is 11.8. The number of carbonyl (C=O) groups is 1. The Balaban J connectivity index is 0.00000208. The van der Waals surface area contributed by atoms with Crippen molar-refractivity contribution in [2.45, 2.75) is 25.3 Å². The fourth-order valence-corrected chi connectivity index (χ4v) is 3.20. The third kappa shape index (κ3) is 3.86. The maximum Gasteiger partial charge on any atom is 0.312 e. The van der Waals surface area contributed by atoms with Gasteiger partial charge < -0.3 is 10.4 Å². The lowest BCUT2D eigenvalue weighted by atomic mass is 9.87. The number of carboxylic acid groups (broad SMARTS) is 1. The van der Waals surface area contributed by atoms with Crippen molar-refractivity contribution in [3.8, 4) is 11.1 Å². The third-order valence-electron chi connectivity index (χ3n) is 4.35. The molecule has 2 aromatic rings. The largest absolute Gasteiger partial charge is 0.481 e. The molecule has 0 saturated carbocycles. The first kappa shape index (κ1) is 18.2. The fourth-order valence-electron chi connectivity index (χ4n) is 3.20. The van der Waals surface area contributed by atoms with Crippen LogP contribution < -0.4 is 5.32 Å². The van der Waals surface area contributed by atoms with Gasteiger partial charge in [0, 0.05) is 6.04 Å². The Bertz CT molecular complexity index is 728. The van der Waals surface area contributed by atoms with Gasteiger partial charge in [-0.1, -0.05) is 60.7 Å². The zero-order valence-electron chi connectivity index (χ0n) is 13.6. The molecule has 3 rings (SSSR count). The van der Waals surface area contributed by atoms with Crippen LogP contribution in [-0.2, 0) is 4.79 Å². The Labute approximate surface area is 148 Å². The van der Waals surface area contributed by atoms with Crippen molar-refractivity contribution >= 4 is 18.4 Å². The average molecular weight is 344 g/mol. The molecule has 0 spiro atoms. The summed E-state index contributed by atoms with van der Waals surface area (Å²) < 4.78 is 0. The molecule has 0 fully saturated rings. The van der Waals surface area contributed by atoms with Crippen LogP contribution in [-0.4, -0.2) is 23.7 Å². The van der Waals surface area contributed by atoms with Gasteiger partial charge in [0.15, 0.2) is 0 Å². The van der Waals surface area contributed by atoms with Crippen molar-refractivity contribution in [3.05, 3.63) is 71.8 Å². The highest BCUT2D eigenvalue weighted by Crippen LogP contribution is 2.29. The second-order valence-electron chi connectivity index (χ2n) is 5.95. The van der Waals surface area contributed by atoms with E-state index < -0.39 is 11.9 Å². The highest BCUT2D eigenvalue weighted by Gasteiger charge is 2.29. The van der Waals surface area contributed by atoms with Crippen molar-refractivity contribution in [3.63, 3.8) is 0 Å². The molecule has 1 aliphatic rings. The average Bonchev–Trinajstić information content (AvgIpc) is 2.57. The third-order valence-corrected chi connectivity index (χ3v) is 4.35. The predicted octanol–water partition coefficient (Wildman–Crippen LogP) is 4.17. The van der Waals surface area contributed by atoms with Gasteiger partial charge in [-0.15, -0.1) is 12.4 Å². The van der Waals surface area contributed by atoms with Crippen molar-refractivity contribution in [2.75, 3.05) is 6.54 Å². The number of aliphatic carboxylic acids is 1. The zero-order valence-corrected chi connectivity index (χ0v) is 14.4. The van der Waals surface area contributed by atoms with Gasteiger partial charge in [-0.2, -0.15) is 0 Å². The number of halogens is 1. The molecule has 0 aliphatic carbocycles. The molecule has 126 valence electrons. The minimum absolute atomic E-state index is 0. The van der Waals surface area contributed by atoms with Crippen molar-refractivity contribution in [2.24, 2.45) is 0 Å². The molecule has 2 atom stereocenters. The van der Waals surface area contributed by atoms with Crippen molar-refractivity contribution in [1.29, 1.82) is 0 Å². The first-order valence-corrected chi connectivity index (χ1v) is 7.95. The molecule has 4 heteroatoms. The SMILES string of the molecule is Cc1cc([C@H](C(=O)O)[C@H]2C=CCCN2)ccc1-c1ccccc1.Cl. The summed E-state index contributed by atoms with van der Waals surface area (Å²) in [6.07, 6.45) is 4.99. The van der Waals surface area contributed by atoms with E-state index in [1.54, 1.807) is 0 Å². The van der Waals surface area contributed by atoms with E-state index >= 15 is 0 Å². The molecule has 0 amide bonds. The van der Waals surface area contributed by atoms with Crippen LogP contribution in [0.15, 0.2) is 60.7 Å². The highest BCUT2D eigenvalue weighted by molar-refractivity contribution is 5.85. The van der Waals surface area contributed by atoms with E-state index in [2.05, 4.69) is 23.5 Å². The number of benzene rings is 2. The number of rotatable bonds is 4. The zero-order chi connectivity index (χ0) is 16.2. The molecular weight excluding hydrogens is 322 g/mol. The van der Waals surface area contributed by atoms with E-state index in [-0.39, 0.29) is 18.4 Å². The standard InChI is InChI=1S/C20H21NO2.ClH/c1-14-13-16(10-11-17(14)15-7-3-2-4-8-15)19(20(22)23)18-9-5-6-12-21-18;/h2-5,7-11,13,18-19,21H,6,12H2,1H3,(H,22,23);1H/t18-,19+;/m1./s1. The minimum atomic E-state index is -0.791. The number of nitrogens with one attached hydrogen (secondary N) is 1. The van der Waals surface area contributed by atoms with Gasteiger partial charge in [-0.05, 0) is 42.1 Å². The van der Waals surface area contributed by atoms with Crippen molar-refractivity contribution < 1.29 is 9.90 Å². The van der Waals surface area contributed by atoms with Gasteiger partial charge in [-0.3, -0.25) is 4.79 Å². The lowest BCUT2D eigenvalue weighted by Gasteiger charge is -2.25. The molecule has 0 aromatic heterocycles. The summed E-state index contributed by atoms with van der Waals surface area (Å²) in [6, 6.07) is 16.0. The Morgan fingerprint density at radius 2 is 1.96 bits per heavy atom. The molecule has 2 N–H and O–H groups in total. The highest BCUT2D eigenvalue weighted by atomic mass is 35.5. The van der Waals surface area contributed by atoms with Crippen LogP contribution in [0.2, 0.25) is 0 Å². The predicted molar refractivity (Wildman–Crippen MR) is 99.8 cm³/mol. The second kappa shape index (κ2) is 8.13. The number of hydrogen-bond donors (Lipinski definition) is 2. The molecule has 0 bridgehead atoms. The van der Waals surface area contributed by atoms with Crippen LogP contribution in [0, 0.1) is 6.92 Å². The molecular formula is C20H22ClNO2. The van der Waals surface area contributed by atoms with E-state index in [1.807, 2.05) is 49.4 Å². The lowest BCUT2D eigenvalue weighted by molar-refractivity contribution is -0.139. The van der Waals surface area contributed by atoms with E-state index in [1.165, 1.54) is 0 Å². The fraction of sp³-hybridized carbons (Fsp3) is 0.250. The first-order chi connectivity index (χ1) is 11.2. The van der Waals surface area contributed by atoms with Crippen LogP contribution in [0.3, 0.4) is 0 Å². The van der Waals surface area contributed by atoms with Crippen LogP contribution in [0.5, 0.6) is 0 Å². The molecule has 3 nitrogen and oxygen atoms in total. The second-order valence-corrected chi connectivity index (χ2v) is 5.95. The minimum Gasteiger partial charge on any atom is -0.481 e. The van der Waals surface area contributed by atoms with Gasteiger partial charge in [0.25, 0.3) is 0 Å². The van der Waals surface area contributed by atoms with Crippen LogP contribution >= 0.6 is 12.4 Å². The topological polar surface area (TPSA) is 49.3 Å². The molecule has 1 heterocycles. The molecule has 1 aliphatic heterocycles. The van der Waals surface area contributed by atoms with Gasteiger partial charge in [0.05, 0.1) is 0 Å². The summed E-state index contributed by atoms with van der Waals surface area (Å²) in [5.41, 5.74) is 4.24. The maximum absolute atomic E-state index is 11.8. The summed E-state index contributed by atoms with van der Waals surface area (Å²) in [4.78, 5) is 11.8. The Kier molecular flexibility index (Phi) is 6.18. The number of carboxylic acids is 1. The lowest BCUT2D eigenvalue weighted by Crippen LogP contribution is -2.39. The Morgan fingerprint density at radius 1 is 1.21 bits per heavy atom. The summed E-state index contributed by atoms with van der Waals surface area (Å²) in [5.74, 6) is -1.35. The Hall–Kier alpha value is -2.10. The van der Waals surface area contributed by atoms with Crippen LogP contribution in [0.25, 0.3) is 11.1 Å². The number of hydrogen-bond acceptors (Lipinski definition) is 2. The molecule has 0 unspecified atom stereocenters. The summed E-state index contributed by atoms with van der Waals surface area (Å²) in [5, 5.41) is 13.0. The van der Waals surface area contributed by atoms with Gasteiger partial charge in [0.2, 0.25) is 0 Å². The normalized spacial score (nSPS) is 17.8. The van der Waals surface area contributed by atoms with Gasteiger partial charge in [0.1, 0.15) is 5.92 Å². The van der Waals surface area contributed by atoms with Gasteiger partial charge in [-0.25, -0.2) is 0 Å². The monoisotopic (exact) mass is 343 g/mol.